The SMILES string of the molecule is Cc1cnc(CNc2nc(CCc3ccccc3)nc3c2cnn3C)cn1. The van der Waals surface area contributed by atoms with Gasteiger partial charge in [-0.25, -0.2) is 9.97 Å². The maximum Gasteiger partial charge on any atom is 0.163 e. The Morgan fingerprint density at radius 1 is 0.963 bits per heavy atom. The highest BCUT2D eigenvalue weighted by atomic mass is 15.3. The van der Waals surface area contributed by atoms with E-state index in [4.69, 9.17) is 9.97 Å². The van der Waals surface area contributed by atoms with Crippen LogP contribution in [0.25, 0.3) is 11.0 Å². The molecule has 4 aromatic rings. The van der Waals surface area contributed by atoms with Crippen molar-refractivity contribution in [2.45, 2.75) is 26.3 Å². The van der Waals surface area contributed by atoms with Crippen molar-refractivity contribution in [1.29, 1.82) is 0 Å². The molecule has 0 aliphatic carbocycles. The Morgan fingerprint density at radius 2 is 1.81 bits per heavy atom. The quantitative estimate of drug-likeness (QED) is 0.570. The third-order valence-corrected chi connectivity index (χ3v) is 4.39. The van der Waals surface area contributed by atoms with Gasteiger partial charge in [-0.3, -0.25) is 14.6 Å². The first-order valence-corrected chi connectivity index (χ1v) is 8.93. The summed E-state index contributed by atoms with van der Waals surface area (Å²) in [6, 6.07) is 10.4. The minimum atomic E-state index is 0.548. The van der Waals surface area contributed by atoms with Crippen LogP contribution in [0.1, 0.15) is 22.8 Å². The fourth-order valence-corrected chi connectivity index (χ4v) is 2.90. The molecule has 7 nitrogen and oxygen atoms in total. The summed E-state index contributed by atoms with van der Waals surface area (Å²) in [6.45, 7) is 2.47. The molecule has 0 aliphatic rings. The van der Waals surface area contributed by atoms with E-state index >= 15 is 0 Å². The van der Waals surface area contributed by atoms with E-state index in [0.29, 0.717) is 6.54 Å². The van der Waals surface area contributed by atoms with Crippen molar-refractivity contribution in [3.63, 3.8) is 0 Å². The number of nitrogens with one attached hydrogen (secondary N) is 1. The topological polar surface area (TPSA) is 81.4 Å². The van der Waals surface area contributed by atoms with Crippen molar-refractivity contribution in [3.8, 4) is 0 Å². The van der Waals surface area contributed by atoms with Crippen LogP contribution in [-0.2, 0) is 26.4 Å². The Hall–Kier alpha value is -3.35. The van der Waals surface area contributed by atoms with Crippen LogP contribution >= 0.6 is 0 Å². The molecule has 0 radical (unpaired) electrons. The van der Waals surface area contributed by atoms with E-state index in [0.717, 1.165) is 46.9 Å². The van der Waals surface area contributed by atoms with E-state index in [1.165, 1.54) is 5.56 Å². The summed E-state index contributed by atoms with van der Waals surface area (Å²) in [7, 11) is 1.89. The molecule has 7 heteroatoms. The lowest BCUT2D eigenvalue weighted by molar-refractivity contribution is 0.775. The fraction of sp³-hybridized carbons (Fsp3) is 0.250. The molecule has 1 N–H and O–H groups in total. The zero-order valence-corrected chi connectivity index (χ0v) is 15.4. The van der Waals surface area contributed by atoms with Crippen LogP contribution < -0.4 is 5.32 Å². The molecule has 27 heavy (non-hydrogen) atoms. The average Bonchev–Trinajstić information content (AvgIpc) is 3.08. The lowest BCUT2D eigenvalue weighted by Crippen LogP contribution is -2.08. The molecule has 0 atom stereocenters. The maximum absolute atomic E-state index is 4.74. The third-order valence-electron chi connectivity index (χ3n) is 4.39. The minimum Gasteiger partial charge on any atom is -0.364 e. The number of benzene rings is 1. The maximum atomic E-state index is 4.74. The third kappa shape index (κ3) is 3.92. The summed E-state index contributed by atoms with van der Waals surface area (Å²) in [6.07, 6.45) is 7.00. The van der Waals surface area contributed by atoms with Crippen molar-refractivity contribution in [3.05, 3.63) is 71.7 Å². The highest BCUT2D eigenvalue weighted by molar-refractivity contribution is 5.86. The van der Waals surface area contributed by atoms with Gasteiger partial charge in [0.15, 0.2) is 5.65 Å². The van der Waals surface area contributed by atoms with Crippen LogP contribution in [0, 0.1) is 6.92 Å². The fourth-order valence-electron chi connectivity index (χ4n) is 2.90. The minimum absolute atomic E-state index is 0.548. The zero-order chi connectivity index (χ0) is 18.6. The molecule has 1 aromatic carbocycles. The molecule has 0 amide bonds. The molecule has 0 aliphatic heterocycles. The summed E-state index contributed by atoms with van der Waals surface area (Å²) < 4.78 is 1.78. The molecule has 0 saturated carbocycles. The van der Waals surface area contributed by atoms with E-state index in [9.17, 15) is 0 Å². The predicted molar refractivity (Wildman–Crippen MR) is 104 cm³/mol. The molecule has 0 bridgehead atoms. The largest absolute Gasteiger partial charge is 0.364 e. The number of hydrogen-bond acceptors (Lipinski definition) is 6. The molecule has 4 rings (SSSR count). The average molecular weight is 359 g/mol. The van der Waals surface area contributed by atoms with Gasteiger partial charge in [0.1, 0.15) is 11.6 Å². The molecule has 0 spiro atoms. The molecule has 0 saturated heterocycles. The number of anilines is 1. The van der Waals surface area contributed by atoms with E-state index < -0.39 is 0 Å². The number of rotatable bonds is 6. The van der Waals surface area contributed by atoms with Crippen molar-refractivity contribution in [2.24, 2.45) is 7.05 Å². The summed E-state index contributed by atoms with van der Waals surface area (Å²) in [4.78, 5) is 18.1. The second-order valence-corrected chi connectivity index (χ2v) is 6.48. The molecule has 0 unspecified atom stereocenters. The van der Waals surface area contributed by atoms with Crippen LogP contribution in [0.3, 0.4) is 0 Å². The van der Waals surface area contributed by atoms with Gasteiger partial charge in [-0.2, -0.15) is 5.10 Å². The van der Waals surface area contributed by atoms with Crippen LogP contribution in [0.15, 0.2) is 48.9 Å². The van der Waals surface area contributed by atoms with Gasteiger partial charge in [0, 0.05) is 19.7 Å². The van der Waals surface area contributed by atoms with Gasteiger partial charge in [0.2, 0.25) is 0 Å². The Labute approximate surface area is 157 Å². The standard InChI is InChI=1S/C20H21N7/c1-14-10-22-16(11-21-14)12-23-19-17-13-24-27(2)20(17)26-18(25-19)9-8-15-6-4-3-5-7-15/h3-7,10-11,13H,8-9,12H2,1-2H3,(H,23,25,26). The van der Waals surface area contributed by atoms with E-state index in [1.807, 2.05) is 20.0 Å². The van der Waals surface area contributed by atoms with Gasteiger partial charge in [-0.1, -0.05) is 30.3 Å². The van der Waals surface area contributed by atoms with Gasteiger partial charge >= 0.3 is 0 Å². The summed E-state index contributed by atoms with van der Waals surface area (Å²) >= 11 is 0. The van der Waals surface area contributed by atoms with Gasteiger partial charge in [0.25, 0.3) is 0 Å². The van der Waals surface area contributed by atoms with Crippen molar-refractivity contribution >= 4 is 16.9 Å². The highest BCUT2D eigenvalue weighted by Gasteiger charge is 2.12. The second kappa shape index (κ2) is 7.49. The zero-order valence-electron chi connectivity index (χ0n) is 15.4. The monoisotopic (exact) mass is 359 g/mol. The molecule has 3 aromatic heterocycles. The smallest absolute Gasteiger partial charge is 0.163 e. The Kier molecular flexibility index (Phi) is 4.74. The first kappa shape index (κ1) is 17.1. The van der Waals surface area contributed by atoms with E-state index in [1.54, 1.807) is 23.3 Å². The Balaban J connectivity index is 1.57. The van der Waals surface area contributed by atoms with Crippen molar-refractivity contribution in [1.82, 2.24) is 29.7 Å². The number of aryl methyl sites for hydroxylation is 4. The van der Waals surface area contributed by atoms with Gasteiger partial charge < -0.3 is 5.32 Å². The van der Waals surface area contributed by atoms with Crippen molar-refractivity contribution in [2.75, 3.05) is 5.32 Å². The molecular formula is C20H21N7. The van der Waals surface area contributed by atoms with E-state index in [2.05, 4.69) is 44.6 Å². The summed E-state index contributed by atoms with van der Waals surface area (Å²) in [5.41, 5.74) is 3.86. The lowest BCUT2D eigenvalue weighted by Gasteiger charge is -2.09. The number of fused-ring (bicyclic) bond motifs is 1. The second-order valence-electron chi connectivity index (χ2n) is 6.48. The van der Waals surface area contributed by atoms with Crippen LogP contribution in [0.2, 0.25) is 0 Å². The normalized spacial score (nSPS) is 11.0. The summed E-state index contributed by atoms with van der Waals surface area (Å²) in [5.74, 6) is 1.57. The molecule has 3 heterocycles. The van der Waals surface area contributed by atoms with Crippen LogP contribution in [0.5, 0.6) is 0 Å². The number of aromatic nitrogens is 6. The van der Waals surface area contributed by atoms with Crippen LogP contribution in [-0.4, -0.2) is 29.7 Å². The first-order valence-electron chi connectivity index (χ1n) is 8.93. The molecule has 0 fully saturated rings. The van der Waals surface area contributed by atoms with E-state index in [-0.39, 0.29) is 0 Å². The van der Waals surface area contributed by atoms with Gasteiger partial charge in [-0.05, 0) is 18.9 Å². The predicted octanol–water partition coefficient (Wildman–Crippen LogP) is 2.86. The Morgan fingerprint density at radius 3 is 2.59 bits per heavy atom. The number of hydrogen-bond donors (Lipinski definition) is 1. The van der Waals surface area contributed by atoms with Crippen molar-refractivity contribution < 1.29 is 0 Å². The highest BCUT2D eigenvalue weighted by Crippen LogP contribution is 2.20. The molecule has 136 valence electrons. The molecular weight excluding hydrogens is 338 g/mol. The summed E-state index contributed by atoms with van der Waals surface area (Å²) in [5, 5.41) is 8.60. The Bertz CT molecular complexity index is 1040. The van der Waals surface area contributed by atoms with Gasteiger partial charge in [-0.15, -0.1) is 0 Å². The first-order chi connectivity index (χ1) is 13.2. The number of nitrogens with zero attached hydrogens (tertiary/aromatic N) is 6. The lowest BCUT2D eigenvalue weighted by atomic mass is 10.1. The van der Waals surface area contributed by atoms with Crippen LogP contribution in [0.4, 0.5) is 5.82 Å². The van der Waals surface area contributed by atoms with Gasteiger partial charge in [0.05, 0.1) is 35.7 Å².